The number of carboxylic acids is 1. The van der Waals surface area contributed by atoms with Gasteiger partial charge >= 0.3 is 5.97 Å². The van der Waals surface area contributed by atoms with Crippen LogP contribution in [-0.4, -0.2) is 21.0 Å². The van der Waals surface area contributed by atoms with Gasteiger partial charge in [0.05, 0.1) is 6.26 Å². The maximum absolute atomic E-state index is 9.97. The number of carboxylic acid groups (broad SMARTS) is 1. The summed E-state index contributed by atoms with van der Waals surface area (Å²) in [5, 5.41) is 8.18. The van der Waals surface area contributed by atoms with E-state index in [0.29, 0.717) is 0 Å². The molecule has 0 bridgehead atoms. The van der Waals surface area contributed by atoms with Crippen molar-refractivity contribution in [1.29, 1.82) is 0 Å². The van der Waals surface area contributed by atoms with Crippen LogP contribution in [0.3, 0.4) is 0 Å². The molecule has 0 unspecified atom stereocenters. The molecule has 0 amide bonds. The first-order valence-corrected chi connectivity index (χ1v) is 5.49. The Balaban J connectivity index is 0.000000171. The molecule has 0 spiro atoms. The molecule has 17 heavy (non-hydrogen) atoms. The molecule has 2 aromatic rings. The third kappa shape index (κ3) is 5.01. The quantitative estimate of drug-likeness (QED) is 0.855. The van der Waals surface area contributed by atoms with Crippen molar-refractivity contribution >= 4 is 5.97 Å². The number of hydrogen-bond acceptors (Lipinski definition) is 3. The minimum Gasteiger partial charge on any atom is -0.475 e. The van der Waals surface area contributed by atoms with Crippen molar-refractivity contribution in [2.24, 2.45) is 0 Å². The van der Waals surface area contributed by atoms with Crippen molar-refractivity contribution in [2.45, 2.75) is 26.2 Å². The molecule has 0 radical (unpaired) electrons. The third-order valence-electron chi connectivity index (χ3n) is 2.05. The first-order chi connectivity index (χ1) is 8.24. The van der Waals surface area contributed by atoms with Gasteiger partial charge in [-0.3, -0.25) is 0 Å². The lowest BCUT2D eigenvalue weighted by molar-refractivity contribution is 0.0662. The van der Waals surface area contributed by atoms with E-state index in [1.54, 1.807) is 6.20 Å². The van der Waals surface area contributed by atoms with E-state index in [2.05, 4.69) is 21.3 Å². The number of hydrogen-bond donors (Lipinski definition) is 2. The molecule has 2 aromatic heterocycles. The van der Waals surface area contributed by atoms with Crippen molar-refractivity contribution in [2.75, 3.05) is 0 Å². The zero-order valence-electron chi connectivity index (χ0n) is 9.72. The fourth-order valence-electron chi connectivity index (χ4n) is 1.18. The first-order valence-electron chi connectivity index (χ1n) is 5.49. The Morgan fingerprint density at radius 3 is 2.82 bits per heavy atom. The molecule has 0 aromatic carbocycles. The number of imidazole rings is 1. The topological polar surface area (TPSA) is 79.1 Å². The summed E-state index contributed by atoms with van der Waals surface area (Å²) in [6, 6.07) is 2.92. The average molecular weight is 236 g/mol. The fourth-order valence-corrected chi connectivity index (χ4v) is 1.18. The van der Waals surface area contributed by atoms with Gasteiger partial charge in [-0.15, -0.1) is 0 Å². The van der Waals surface area contributed by atoms with Crippen molar-refractivity contribution in [3.63, 3.8) is 0 Å². The van der Waals surface area contributed by atoms with E-state index < -0.39 is 5.97 Å². The van der Waals surface area contributed by atoms with Gasteiger partial charge < -0.3 is 14.5 Å². The van der Waals surface area contributed by atoms with Crippen molar-refractivity contribution < 1.29 is 14.3 Å². The fraction of sp³-hybridized carbons (Fsp3) is 0.333. The molecule has 0 aliphatic rings. The van der Waals surface area contributed by atoms with Crippen LogP contribution in [0.5, 0.6) is 0 Å². The van der Waals surface area contributed by atoms with Crippen LogP contribution >= 0.6 is 0 Å². The van der Waals surface area contributed by atoms with Crippen LogP contribution in [0.2, 0.25) is 0 Å². The van der Waals surface area contributed by atoms with E-state index >= 15 is 0 Å². The van der Waals surface area contributed by atoms with Crippen molar-refractivity contribution in [3.8, 4) is 0 Å². The summed E-state index contributed by atoms with van der Waals surface area (Å²) in [7, 11) is 0. The molecule has 0 saturated carbocycles. The summed E-state index contributed by atoms with van der Waals surface area (Å²) in [5.74, 6) is 0.0526. The molecule has 2 heterocycles. The molecule has 0 aliphatic carbocycles. The number of nitrogens with one attached hydrogen (secondary N) is 1. The third-order valence-corrected chi connectivity index (χ3v) is 2.05. The normalized spacial score (nSPS) is 9.47. The van der Waals surface area contributed by atoms with Crippen LogP contribution in [0, 0.1) is 0 Å². The summed E-state index contributed by atoms with van der Waals surface area (Å²) in [4.78, 5) is 17.1. The Bertz CT molecular complexity index is 407. The summed E-state index contributed by atoms with van der Waals surface area (Å²) in [6.45, 7) is 2.18. The van der Waals surface area contributed by atoms with E-state index in [9.17, 15) is 4.79 Å². The molecule has 2 N–H and O–H groups in total. The Labute approximate surface area is 99.5 Å². The lowest BCUT2D eigenvalue weighted by Gasteiger charge is -1.90. The maximum atomic E-state index is 9.97. The molecule has 0 saturated heterocycles. The molecular formula is C12H16N2O3. The van der Waals surface area contributed by atoms with Crippen LogP contribution in [0.1, 0.15) is 36.1 Å². The maximum Gasteiger partial charge on any atom is 0.371 e. The molecule has 0 fully saturated rings. The number of furan rings is 1. The number of aromatic amines is 1. The smallest absolute Gasteiger partial charge is 0.371 e. The molecule has 5 heteroatoms. The van der Waals surface area contributed by atoms with Gasteiger partial charge in [-0.05, 0) is 18.6 Å². The van der Waals surface area contributed by atoms with Crippen molar-refractivity contribution in [1.82, 2.24) is 9.97 Å². The molecule has 5 nitrogen and oxygen atoms in total. The van der Waals surface area contributed by atoms with Gasteiger partial charge in [-0.1, -0.05) is 13.3 Å². The van der Waals surface area contributed by atoms with E-state index in [0.717, 1.165) is 12.2 Å². The Hall–Kier alpha value is -2.04. The number of nitrogens with zero attached hydrogens (tertiary/aromatic N) is 1. The minimum atomic E-state index is -1.03. The van der Waals surface area contributed by atoms with Crippen LogP contribution in [0.4, 0.5) is 0 Å². The van der Waals surface area contributed by atoms with E-state index in [1.807, 2.05) is 6.20 Å². The Morgan fingerprint density at radius 1 is 1.59 bits per heavy atom. The highest BCUT2D eigenvalue weighted by Gasteiger charge is 2.01. The van der Waals surface area contributed by atoms with Crippen LogP contribution in [0.25, 0.3) is 0 Å². The SMILES string of the molecule is CCCCc1ncc[nH]1.O=C(O)c1ccco1. The molecule has 92 valence electrons. The highest BCUT2D eigenvalue weighted by Crippen LogP contribution is 1.97. The summed E-state index contributed by atoms with van der Waals surface area (Å²) in [5.41, 5.74) is 0. The highest BCUT2D eigenvalue weighted by atomic mass is 16.4. The van der Waals surface area contributed by atoms with Gasteiger partial charge in [0.25, 0.3) is 0 Å². The first kappa shape index (κ1) is 13.0. The van der Waals surface area contributed by atoms with Gasteiger partial charge in [0.1, 0.15) is 5.82 Å². The second-order valence-corrected chi connectivity index (χ2v) is 3.42. The van der Waals surface area contributed by atoms with E-state index in [1.165, 1.54) is 31.2 Å². The summed E-state index contributed by atoms with van der Waals surface area (Å²) < 4.78 is 4.50. The lowest BCUT2D eigenvalue weighted by Crippen LogP contribution is -1.90. The second-order valence-electron chi connectivity index (χ2n) is 3.42. The predicted molar refractivity (Wildman–Crippen MR) is 62.9 cm³/mol. The van der Waals surface area contributed by atoms with Crippen LogP contribution in [-0.2, 0) is 6.42 Å². The predicted octanol–water partition coefficient (Wildman–Crippen LogP) is 2.73. The average Bonchev–Trinajstić information content (AvgIpc) is 3.00. The van der Waals surface area contributed by atoms with Crippen LogP contribution in [0.15, 0.2) is 35.2 Å². The zero-order valence-corrected chi connectivity index (χ0v) is 9.72. The zero-order chi connectivity index (χ0) is 12.5. The molecule has 0 atom stereocenters. The number of aromatic carboxylic acids is 1. The number of aromatic nitrogens is 2. The van der Waals surface area contributed by atoms with Gasteiger partial charge in [-0.25, -0.2) is 9.78 Å². The largest absolute Gasteiger partial charge is 0.475 e. The molecular weight excluding hydrogens is 220 g/mol. The van der Waals surface area contributed by atoms with Crippen molar-refractivity contribution in [3.05, 3.63) is 42.4 Å². The number of unbranched alkanes of at least 4 members (excludes halogenated alkanes) is 1. The highest BCUT2D eigenvalue weighted by molar-refractivity contribution is 5.84. The van der Waals surface area contributed by atoms with E-state index in [4.69, 9.17) is 5.11 Å². The standard InChI is InChI=1S/C7H12N2.C5H4O3/c1-2-3-4-7-8-5-6-9-7;6-5(7)4-2-1-3-8-4/h5-6H,2-4H2,1H3,(H,8,9);1-3H,(H,6,7). The van der Waals surface area contributed by atoms with E-state index in [-0.39, 0.29) is 5.76 Å². The van der Waals surface area contributed by atoms with Gasteiger partial charge in [0.15, 0.2) is 0 Å². The lowest BCUT2D eigenvalue weighted by atomic mass is 10.2. The Kier molecular flexibility index (Phi) is 5.57. The van der Waals surface area contributed by atoms with Gasteiger partial charge in [0.2, 0.25) is 5.76 Å². The number of carbonyl (C=O) groups is 1. The van der Waals surface area contributed by atoms with Gasteiger partial charge in [0, 0.05) is 18.8 Å². The van der Waals surface area contributed by atoms with Gasteiger partial charge in [-0.2, -0.15) is 0 Å². The summed E-state index contributed by atoms with van der Waals surface area (Å²) in [6.07, 6.45) is 8.54. The molecule has 0 aliphatic heterocycles. The minimum absolute atomic E-state index is 0.0231. The number of aryl methyl sites for hydroxylation is 1. The number of H-pyrrole nitrogens is 1. The van der Waals surface area contributed by atoms with Crippen LogP contribution < -0.4 is 0 Å². The molecule has 2 rings (SSSR count). The number of rotatable bonds is 4. The summed E-state index contributed by atoms with van der Waals surface area (Å²) >= 11 is 0. The Morgan fingerprint density at radius 2 is 2.41 bits per heavy atom. The monoisotopic (exact) mass is 236 g/mol. The second kappa shape index (κ2) is 7.27.